The zero-order valence-corrected chi connectivity index (χ0v) is 20.5. The molecule has 1 saturated heterocycles. The summed E-state index contributed by atoms with van der Waals surface area (Å²) >= 11 is 0. The number of ether oxygens (including phenoxy) is 2. The van der Waals surface area contributed by atoms with E-state index in [-0.39, 0.29) is 37.3 Å². The molecule has 1 aliphatic heterocycles. The summed E-state index contributed by atoms with van der Waals surface area (Å²) in [6.07, 6.45) is -2.91. The quantitative estimate of drug-likeness (QED) is 0.457. The topological polar surface area (TPSA) is 63.7 Å². The van der Waals surface area contributed by atoms with Crippen molar-refractivity contribution >= 4 is 30.9 Å². The fourth-order valence-corrected chi connectivity index (χ4v) is 4.70. The van der Waals surface area contributed by atoms with E-state index in [2.05, 4.69) is 27.2 Å². The van der Waals surface area contributed by atoms with Crippen molar-refractivity contribution in [1.29, 1.82) is 0 Å². The number of hydrogen-bond acceptors (Lipinski definition) is 5. The molecule has 1 amide bonds. The first-order chi connectivity index (χ1) is 16.4. The lowest BCUT2D eigenvalue weighted by Crippen LogP contribution is -2.49. The molecule has 5 rings (SSSR count). The Labute approximate surface area is 218 Å². The number of halogens is 5. The highest BCUT2D eigenvalue weighted by Gasteiger charge is 2.34. The molecule has 1 N–H and O–H groups in total. The molecule has 2 aromatic carbocycles. The molecule has 1 fully saturated rings. The monoisotopic (exact) mass is 541 g/mol. The number of fused-ring (bicyclic) bond motifs is 3. The number of amides is 1. The van der Waals surface area contributed by atoms with Gasteiger partial charge in [0.05, 0.1) is 12.2 Å². The number of alkyl halides is 3. The van der Waals surface area contributed by atoms with Crippen molar-refractivity contribution in [2.24, 2.45) is 0 Å². The highest BCUT2D eigenvalue weighted by atomic mass is 35.5. The molecule has 3 aromatic rings. The van der Waals surface area contributed by atoms with Crippen LogP contribution in [0.1, 0.15) is 28.7 Å². The van der Waals surface area contributed by atoms with Crippen molar-refractivity contribution in [2.45, 2.75) is 18.3 Å². The molecular formula is C25H24Cl2F3N3O3. The van der Waals surface area contributed by atoms with Crippen LogP contribution in [-0.4, -0.2) is 48.6 Å². The second-order valence-corrected chi connectivity index (χ2v) is 8.22. The third-order valence-corrected chi connectivity index (χ3v) is 6.17. The van der Waals surface area contributed by atoms with Gasteiger partial charge in [-0.05, 0) is 33.9 Å². The third-order valence-electron chi connectivity index (χ3n) is 6.17. The fourth-order valence-electron chi connectivity index (χ4n) is 4.70. The number of piperazine rings is 1. The number of pyridine rings is 1. The van der Waals surface area contributed by atoms with Gasteiger partial charge in [-0.25, -0.2) is 4.79 Å². The minimum absolute atomic E-state index is 0. The van der Waals surface area contributed by atoms with E-state index in [1.54, 1.807) is 0 Å². The first-order valence-electron chi connectivity index (χ1n) is 10.9. The Morgan fingerprint density at radius 1 is 1.03 bits per heavy atom. The van der Waals surface area contributed by atoms with Crippen LogP contribution < -0.4 is 10.1 Å². The molecule has 0 saturated carbocycles. The maximum Gasteiger partial charge on any atom is 0.573 e. The van der Waals surface area contributed by atoms with E-state index in [9.17, 15) is 18.0 Å². The van der Waals surface area contributed by atoms with E-state index in [4.69, 9.17) is 4.74 Å². The SMILES string of the molecule is Cl.Cl.O=C(OCC1c2ccccc2-c2ccccc21)N1CCNCC1c1cncc(OC(F)(F)F)c1. The zero-order chi connectivity index (χ0) is 23.7. The van der Waals surface area contributed by atoms with Crippen LogP contribution in [0, 0.1) is 0 Å². The van der Waals surface area contributed by atoms with Gasteiger partial charge in [0.15, 0.2) is 0 Å². The van der Waals surface area contributed by atoms with Gasteiger partial charge in [-0.3, -0.25) is 9.88 Å². The lowest BCUT2D eigenvalue weighted by molar-refractivity contribution is -0.274. The summed E-state index contributed by atoms with van der Waals surface area (Å²) in [4.78, 5) is 18.5. The van der Waals surface area contributed by atoms with Crippen LogP contribution in [0.3, 0.4) is 0 Å². The van der Waals surface area contributed by atoms with Crippen molar-refractivity contribution in [3.8, 4) is 16.9 Å². The number of rotatable bonds is 4. The van der Waals surface area contributed by atoms with E-state index in [1.165, 1.54) is 17.2 Å². The van der Waals surface area contributed by atoms with Crippen LogP contribution in [0.5, 0.6) is 5.75 Å². The molecule has 0 bridgehead atoms. The van der Waals surface area contributed by atoms with Crippen LogP contribution in [0.2, 0.25) is 0 Å². The van der Waals surface area contributed by atoms with Gasteiger partial charge in [-0.1, -0.05) is 48.5 Å². The zero-order valence-electron chi connectivity index (χ0n) is 18.9. The number of hydrogen-bond donors (Lipinski definition) is 1. The van der Waals surface area contributed by atoms with Gasteiger partial charge >= 0.3 is 12.5 Å². The van der Waals surface area contributed by atoms with Gasteiger partial charge < -0.3 is 14.8 Å². The summed E-state index contributed by atoms with van der Waals surface area (Å²) in [5.74, 6) is -0.508. The largest absolute Gasteiger partial charge is 0.573 e. The summed E-state index contributed by atoms with van der Waals surface area (Å²) in [6.45, 7) is 1.43. The maximum atomic E-state index is 13.1. The minimum Gasteiger partial charge on any atom is -0.448 e. The summed E-state index contributed by atoms with van der Waals surface area (Å²) < 4.78 is 47.7. The van der Waals surface area contributed by atoms with Gasteiger partial charge in [-0.15, -0.1) is 38.0 Å². The van der Waals surface area contributed by atoms with Crippen LogP contribution >= 0.6 is 24.8 Å². The number of carbonyl (C=O) groups is 1. The lowest BCUT2D eigenvalue weighted by atomic mass is 9.98. The molecule has 192 valence electrons. The molecular weight excluding hydrogens is 518 g/mol. The molecule has 1 atom stereocenters. The Morgan fingerprint density at radius 2 is 1.67 bits per heavy atom. The Kier molecular flexibility index (Phi) is 8.71. The maximum absolute atomic E-state index is 13.1. The lowest BCUT2D eigenvalue weighted by Gasteiger charge is -2.35. The predicted molar refractivity (Wildman–Crippen MR) is 133 cm³/mol. The Bertz CT molecular complexity index is 1170. The Hall–Kier alpha value is -3.01. The second-order valence-electron chi connectivity index (χ2n) is 8.22. The van der Waals surface area contributed by atoms with Crippen molar-refractivity contribution in [2.75, 3.05) is 26.2 Å². The second kappa shape index (κ2) is 11.4. The average molecular weight is 542 g/mol. The molecule has 11 heteroatoms. The fraction of sp³-hybridized carbons (Fsp3) is 0.280. The summed E-state index contributed by atoms with van der Waals surface area (Å²) in [7, 11) is 0. The minimum atomic E-state index is -4.82. The first kappa shape index (κ1) is 27.6. The van der Waals surface area contributed by atoms with Crippen molar-refractivity contribution in [1.82, 2.24) is 15.2 Å². The van der Waals surface area contributed by atoms with Gasteiger partial charge in [0.2, 0.25) is 0 Å². The predicted octanol–water partition coefficient (Wildman–Crippen LogP) is 5.72. The van der Waals surface area contributed by atoms with Crippen molar-refractivity contribution in [3.05, 3.63) is 83.7 Å². The van der Waals surface area contributed by atoms with Crippen LogP contribution in [0.4, 0.5) is 18.0 Å². The molecule has 36 heavy (non-hydrogen) atoms. The normalized spacial score (nSPS) is 16.8. The van der Waals surface area contributed by atoms with E-state index < -0.39 is 24.2 Å². The number of nitrogens with zero attached hydrogens (tertiary/aromatic N) is 2. The Balaban J connectivity index is 0.00000180. The molecule has 0 spiro atoms. The van der Waals surface area contributed by atoms with Crippen molar-refractivity contribution < 1.29 is 27.4 Å². The molecule has 0 radical (unpaired) electrons. The van der Waals surface area contributed by atoms with Crippen molar-refractivity contribution in [3.63, 3.8) is 0 Å². The average Bonchev–Trinajstić information content (AvgIpc) is 3.15. The smallest absolute Gasteiger partial charge is 0.448 e. The van der Waals surface area contributed by atoms with Gasteiger partial charge in [0.1, 0.15) is 12.4 Å². The highest BCUT2D eigenvalue weighted by molar-refractivity contribution is 5.85. The third kappa shape index (κ3) is 5.69. The van der Waals surface area contributed by atoms with E-state index >= 15 is 0 Å². The van der Waals surface area contributed by atoms with E-state index in [0.29, 0.717) is 25.2 Å². The number of aromatic nitrogens is 1. The van der Waals surface area contributed by atoms with Gasteiger partial charge in [-0.2, -0.15) is 0 Å². The van der Waals surface area contributed by atoms with E-state index in [0.717, 1.165) is 28.5 Å². The summed E-state index contributed by atoms with van der Waals surface area (Å²) in [6, 6.07) is 16.8. The van der Waals surface area contributed by atoms with Gasteiger partial charge in [0.25, 0.3) is 0 Å². The number of nitrogens with one attached hydrogen (secondary N) is 1. The molecule has 1 aromatic heterocycles. The summed E-state index contributed by atoms with van der Waals surface area (Å²) in [5, 5.41) is 3.17. The highest BCUT2D eigenvalue weighted by Crippen LogP contribution is 2.44. The van der Waals surface area contributed by atoms with Crippen LogP contribution in [0.25, 0.3) is 11.1 Å². The standard InChI is InChI=1S/C25H22F3N3O3.2ClH/c26-25(27,28)34-17-11-16(12-30-13-17)23-14-29-9-10-31(23)24(32)33-15-22-20-7-3-1-5-18(20)19-6-2-4-8-21(19)22;;/h1-8,11-13,22-23,29H,9-10,14-15H2;2*1H. The van der Waals surface area contributed by atoms with Crippen LogP contribution in [-0.2, 0) is 4.74 Å². The van der Waals surface area contributed by atoms with E-state index in [1.807, 2.05) is 36.4 Å². The number of carbonyl (C=O) groups excluding carboxylic acids is 1. The molecule has 6 nitrogen and oxygen atoms in total. The summed E-state index contributed by atoms with van der Waals surface area (Å²) in [5.41, 5.74) is 4.91. The Morgan fingerprint density at radius 3 is 2.31 bits per heavy atom. The number of benzene rings is 2. The van der Waals surface area contributed by atoms with Gasteiger partial charge in [0, 0.05) is 31.7 Å². The van der Waals surface area contributed by atoms with Crippen LogP contribution in [0.15, 0.2) is 67.0 Å². The molecule has 1 unspecified atom stereocenters. The molecule has 2 heterocycles. The first-order valence-corrected chi connectivity index (χ1v) is 10.9. The molecule has 1 aliphatic carbocycles. The molecule has 2 aliphatic rings.